The van der Waals surface area contributed by atoms with E-state index in [1.54, 1.807) is 0 Å². The molecular weight excluding hydrogens is 574 g/mol. The van der Waals surface area contributed by atoms with Gasteiger partial charge in [0, 0.05) is 33.5 Å². The molecule has 0 fully saturated rings. The molecule has 0 unspecified atom stereocenters. The van der Waals surface area contributed by atoms with E-state index < -0.39 is 0 Å². The Hall–Kier alpha value is -6.57. The fourth-order valence-corrected chi connectivity index (χ4v) is 6.20. The van der Waals surface area contributed by atoms with Gasteiger partial charge < -0.3 is 4.42 Å². The molecule has 2 heterocycles. The van der Waals surface area contributed by atoms with Crippen molar-refractivity contribution in [3.8, 4) is 56.4 Å². The Balaban J connectivity index is 1.22. The van der Waals surface area contributed by atoms with Crippen molar-refractivity contribution >= 4 is 32.7 Å². The predicted octanol–water partition coefficient (Wildman–Crippen LogP) is 10.9. The van der Waals surface area contributed by atoms with Crippen molar-refractivity contribution in [2.75, 3.05) is 0 Å². The van der Waals surface area contributed by atoms with Crippen molar-refractivity contribution in [3.05, 3.63) is 164 Å². The van der Waals surface area contributed by atoms with Gasteiger partial charge in [0.05, 0.1) is 0 Å². The summed E-state index contributed by atoms with van der Waals surface area (Å²) < 4.78 is 6.30. The first-order valence-electron chi connectivity index (χ1n) is 15.5. The minimum absolute atomic E-state index is 0.551. The van der Waals surface area contributed by atoms with Crippen molar-refractivity contribution in [2.45, 2.75) is 0 Å². The first-order chi connectivity index (χ1) is 23.3. The molecule has 47 heavy (non-hydrogen) atoms. The Morgan fingerprint density at radius 3 is 1.49 bits per heavy atom. The van der Waals surface area contributed by atoms with Crippen LogP contribution in [0.15, 0.2) is 156 Å². The second-order valence-electron chi connectivity index (χ2n) is 11.5. The lowest BCUT2D eigenvalue weighted by Crippen LogP contribution is -2.00. The first kappa shape index (κ1) is 26.8. The van der Waals surface area contributed by atoms with E-state index in [4.69, 9.17) is 19.4 Å². The zero-order valence-electron chi connectivity index (χ0n) is 25.2. The molecule has 9 aromatic rings. The molecule has 0 aliphatic rings. The van der Waals surface area contributed by atoms with Crippen molar-refractivity contribution in [1.29, 1.82) is 0 Å². The van der Waals surface area contributed by atoms with Crippen LogP contribution in [0.3, 0.4) is 0 Å². The highest BCUT2D eigenvalue weighted by Crippen LogP contribution is 2.37. The molecule has 218 valence electrons. The Kier molecular flexibility index (Phi) is 6.33. The van der Waals surface area contributed by atoms with Crippen molar-refractivity contribution in [2.24, 2.45) is 0 Å². The summed E-state index contributed by atoms with van der Waals surface area (Å²) in [4.78, 5) is 15.1. The summed E-state index contributed by atoms with van der Waals surface area (Å²) in [6, 6.07) is 58.2. The SMILES string of the molecule is c1cc(-c2nc(-c3ccc(-c4ccccc4)cc3)nc(-c3ccc(-c4ccccc4)cc3)n2)c2c(c#1)oc1cc3ccccc3cc12. The molecule has 0 bridgehead atoms. The fraction of sp³-hybridized carbons (Fsp3) is 0. The predicted molar refractivity (Wildman–Crippen MR) is 189 cm³/mol. The highest BCUT2D eigenvalue weighted by molar-refractivity contribution is 6.14. The molecule has 0 aliphatic carbocycles. The fourth-order valence-electron chi connectivity index (χ4n) is 6.20. The number of fused-ring (bicyclic) bond motifs is 4. The minimum atomic E-state index is 0.551. The van der Waals surface area contributed by atoms with E-state index in [2.05, 4.69) is 109 Å². The molecule has 0 amide bonds. The second kappa shape index (κ2) is 11.1. The smallest absolute Gasteiger partial charge is 0.186 e. The summed E-state index contributed by atoms with van der Waals surface area (Å²) in [6.45, 7) is 0. The van der Waals surface area contributed by atoms with Crippen molar-refractivity contribution in [1.82, 2.24) is 15.0 Å². The van der Waals surface area contributed by atoms with E-state index in [9.17, 15) is 0 Å². The van der Waals surface area contributed by atoms with Gasteiger partial charge in [-0.05, 0) is 51.2 Å². The molecule has 9 rings (SSSR count). The van der Waals surface area contributed by atoms with E-state index in [0.29, 0.717) is 23.1 Å². The Bertz CT molecular complexity index is 2440. The van der Waals surface area contributed by atoms with Crippen LogP contribution in [-0.4, -0.2) is 15.0 Å². The third kappa shape index (κ3) is 4.88. The highest BCUT2D eigenvalue weighted by Gasteiger charge is 2.18. The molecule has 0 N–H and O–H groups in total. The zero-order chi connectivity index (χ0) is 31.2. The van der Waals surface area contributed by atoms with Crippen LogP contribution in [0.4, 0.5) is 0 Å². The molecule has 7 aromatic carbocycles. The number of furan rings is 1. The van der Waals surface area contributed by atoms with E-state index in [0.717, 1.165) is 66.1 Å². The lowest BCUT2D eigenvalue weighted by Gasteiger charge is -2.10. The van der Waals surface area contributed by atoms with Crippen LogP contribution < -0.4 is 0 Å². The number of rotatable bonds is 5. The Labute approximate surface area is 271 Å². The van der Waals surface area contributed by atoms with Gasteiger partial charge in [-0.15, -0.1) is 0 Å². The van der Waals surface area contributed by atoms with Gasteiger partial charge in [0.25, 0.3) is 0 Å². The minimum Gasteiger partial charge on any atom is -0.447 e. The third-order valence-corrected chi connectivity index (χ3v) is 8.60. The summed E-state index contributed by atoms with van der Waals surface area (Å²) >= 11 is 0. The quantitative estimate of drug-likeness (QED) is 0.197. The summed E-state index contributed by atoms with van der Waals surface area (Å²) in [6.07, 6.45) is 0. The van der Waals surface area contributed by atoms with Gasteiger partial charge >= 0.3 is 0 Å². The lowest BCUT2D eigenvalue weighted by atomic mass is 10.0. The van der Waals surface area contributed by atoms with Crippen LogP contribution in [-0.2, 0) is 0 Å². The maximum atomic E-state index is 6.30. The monoisotopic (exact) mass is 599 g/mol. The number of hydrogen-bond donors (Lipinski definition) is 0. The topological polar surface area (TPSA) is 51.8 Å². The van der Waals surface area contributed by atoms with E-state index in [1.807, 2.05) is 54.6 Å². The van der Waals surface area contributed by atoms with Gasteiger partial charge in [-0.25, -0.2) is 15.0 Å². The van der Waals surface area contributed by atoms with Crippen LogP contribution in [0.2, 0.25) is 0 Å². The zero-order valence-corrected chi connectivity index (χ0v) is 25.2. The summed E-state index contributed by atoms with van der Waals surface area (Å²) in [5.74, 6) is 1.74. The molecule has 2 aromatic heterocycles. The largest absolute Gasteiger partial charge is 0.447 e. The molecule has 0 saturated carbocycles. The first-order valence-corrected chi connectivity index (χ1v) is 15.5. The van der Waals surface area contributed by atoms with E-state index in [-0.39, 0.29) is 0 Å². The lowest BCUT2D eigenvalue weighted by molar-refractivity contribution is 0.669. The normalized spacial score (nSPS) is 11.2. The van der Waals surface area contributed by atoms with Crippen molar-refractivity contribution < 1.29 is 4.42 Å². The number of nitrogens with zero attached hydrogens (tertiary/aromatic N) is 3. The van der Waals surface area contributed by atoms with Crippen LogP contribution in [0, 0.1) is 12.1 Å². The van der Waals surface area contributed by atoms with E-state index in [1.165, 1.54) is 0 Å². The van der Waals surface area contributed by atoms with E-state index >= 15 is 0 Å². The average molecular weight is 600 g/mol. The number of benzene rings is 6. The molecule has 4 heteroatoms. The van der Waals surface area contributed by atoms with Gasteiger partial charge in [-0.3, -0.25) is 0 Å². The van der Waals surface area contributed by atoms with Crippen molar-refractivity contribution in [3.63, 3.8) is 0 Å². The van der Waals surface area contributed by atoms with Crippen LogP contribution in [0.1, 0.15) is 0 Å². The molecule has 0 aliphatic heterocycles. The maximum absolute atomic E-state index is 6.30. The molecule has 0 radical (unpaired) electrons. The van der Waals surface area contributed by atoms with Gasteiger partial charge in [-0.1, -0.05) is 140 Å². The maximum Gasteiger partial charge on any atom is 0.186 e. The summed E-state index contributed by atoms with van der Waals surface area (Å²) in [5, 5.41) is 4.15. The molecular formula is C43H25N3O. The number of aromatic nitrogens is 3. The molecule has 0 atom stereocenters. The van der Waals surface area contributed by atoms with Gasteiger partial charge in [-0.2, -0.15) is 0 Å². The van der Waals surface area contributed by atoms with Gasteiger partial charge in [0.2, 0.25) is 0 Å². The summed E-state index contributed by atoms with van der Waals surface area (Å²) in [7, 11) is 0. The average Bonchev–Trinajstić information content (AvgIpc) is 3.52. The highest BCUT2D eigenvalue weighted by atomic mass is 16.3. The number of hydrogen-bond acceptors (Lipinski definition) is 4. The second-order valence-corrected chi connectivity index (χ2v) is 11.5. The van der Waals surface area contributed by atoms with Gasteiger partial charge in [0.15, 0.2) is 23.1 Å². The molecule has 4 nitrogen and oxygen atoms in total. The standard InChI is InChI=1S/C43H25N3O/c1-3-10-28(11-4-1)30-18-22-32(23-19-30)41-44-42(33-24-20-31(21-25-33)29-12-5-2-6-13-29)46-43(45-41)36-16-9-17-38-40(36)37-26-34-14-7-8-15-35(34)27-39(37)47-38/h1-8,10-16,18-27H. The summed E-state index contributed by atoms with van der Waals surface area (Å²) in [5.41, 5.74) is 8.62. The van der Waals surface area contributed by atoms with Gasteiger partial charge in [0.1, 0.15) is 5.58 Å². The van der Waals surface area contributed by atoms with Crippen LogP contribution in [0.25, 0.3) is 89.1 Å². The molecule has 0 saturated heterocycles. The van der Waals surface area contributed by atoms with Crippen LogP contribution in [0.5, 0.6) is 0 Å². The third-order valence-electron chi connectivity index (χ3n) is 8.60. The molecule has 0 spiro atoms. The van der Waals surface area contributed by atoms with Crippen LogP contribution >= 0.6 is 0 Å². The Morgan fingerprint density at radius 2 is 0.915 bits per heavy atom. The Morgan fingerprint density at radius 1 is 0.447 bits per heavy atom.